The molecular formula is C25H31N5O. The summed E-state index contributed by atoms with van der Waals surface area (Å²) in [5, 5.41) is 11.6. The molecule has 4 rings (SSSR count). The minimum absolute atomic E-state index is 0.427. The lowest BCUT2D eigenvalue weighted by Crippen LogP contribution is -2.27. The van der Waals surface area contributed by atoms with Crippen LogP contribution in [0.4, 0.5) is 11.5 Å². The lowest BCUT2D eigenvalue weighted by Gasteiger charge is -2.21. The van der Waals surface area contributed by atoms with Gasteiger partial charge in [0.1, 0.15) is 11.3 Å². The van der Waals surface area contributed by atoms with Crippen molar-refractivity contribution in [3.63, 3.8) is 0 Å². The lowest BCUT2D eigenvalue weighted by molar-refractivity contribution is 0.0618. The van der Waals surface area contributed by atoms with Crippen molar-refractivity contribution >= 4 is 33.4 Å². The number of anilines is 2. The standard InChI is InChI=1S/C25H31N5O/c1-4-5-9-21-29-22-23(30(21)15-25(2,3)31)19-11-10-17(14-20(19)28-24(22)27)12-16-7-6-8-18(26)13-16/h6-8,10-11,13-14,31H,4-5,9,12,15,26H2,1-3H3,(H2,27,28). The normalized spacial score (nSPS) is 12.1. The molecule has 5 N–H and O–H groups in total. The Labute approximate surface area is 182 Å². The molecule has 6 nitrogen and oxygen atoms in total. The van der Waals surface area contributed by atoms with Gasteiger partial charge in [0.25, 0.3) is 0 Å². The van der Waals surface area contributed by atoms with Crippen LogP contribution in [0.3, 0.4) is 0 Å². The number of rotatable bonds is 7. The second-order valence-corrected chi connectivity index (χ2v) is 9.00. The van der Waals surface area contributed by atoms with Gasteiger partial charge in [0.05, 0.1) is 23.2 Å². The van der Waals surface area contributed by atoms with Crippen LogP contribution in [0, 0.1) is 0 Å². The highest BCUT2D eigenvalue weighted by molar-refractivity contribution is 6.06. The molecular weight excluding hydrogens is 386 g/mol. The van der Waals surface area contributed by atoms with E-state index in [1.165, 1.54) is 0 Å². The second kappa shape index (κ2) is 8.19. The van der Waals surface area contributed by atoms with Gasteiger partial charge >= 0.3 is 0 Å². The summed E-state index contributed by atoms with van der Waals surface area (Å²) >= 11 is 0. The third-order valence-corrected chi connectivity index (χ3v) is 5.51. The number of aromatic nitrogens is 3. The monoisotopic (exact) mass is 417 g/mol. The minimum Gasteiger partial charge on any atom is -0.399 e. The second-order valence-electron chi connectivity index (χ2n) is 9.00. The van der Waals surface area contributed by atoms with Crippen LogP contribution in [0.25, 0.3) is 21.9 Å². The summed E-state index contributed by atoms with van der Waals surface area (Å²) in [5.41, 5.74) is 17.0. The van der Waals surface area contributed by atoms with E-state index in [9.17, 15) is 5.11 Å². The Hall–Kier alpha value is -3.12. The Morgan fingerprint density at radius 2 is 1.81 bits per heavy atom. The fourth-order valence-electron chi connectivity index (χ4n) is 4.14. The van der Waals surface area contributed by atoms with E-state index in [1.807, 2.05) is 32.0 Å². The first kappa shape index (κ1) is 21.1. The van der Waals surface area contributed by atoms with Crippen molar-refractivity contribution < 1.29 is 5.11 Å². The number of aliphatic hydroxyl groups is 1. The third kappa shape index (κ3) is 4.49. The van der Waals surface area contributed by atoms with Crippen LogP contribution in [0.15, 0.2) is 42.5 Å². The first-order valence-corrected chi connectivity index (χ1v) is 10.9. The highest BCUT2D eigenvalue weighted by Crippen LogP contribution is 2.31. The lowest BCUT2D eigenvalue weighted by atomic mass is 10.0. The Morgan fingerprint density at radius 1 is 1.03 bits per heavy atom. The molecule has 0 saturated heterocycles. The quantitative estimate of drug-likeness (QED) is 0.385. The molecule has 0 aliphatic rings. The summed E-state index contributed by atoms with van der Waals surface area (Å²) in [6.07, 6.45) is 3.72. The summed E-state index contributed by atoms with van der Waals surface area (Å²) in [5.74, 6) is 1.37. The molecule has 0 fully saturated rings. The van der Waals surface area contributed by atoms with Crippen LogP contribution in [0.5, 0.6) is 0 Å². The van der Waals surface area contributed by atoms with E-state index in [2.05, 4.69) is 40.7 Å². The van der Waals surface area contributed by atoms with Gasteiger partial charge in [0, 0.05) is 17.5 Å². The number of aryl methyl sites for hydroxylation is 1. The first-order chi connectivity index (χ1) is 14.7. The molecule has 0 spiro atoms. The molecule has 0 aliphatic carbocycles. The van der Waals surface area contributed by atoms with Gasteiger partial charge in [-0.3, -0.25) is 0 Å². The maximum atomic E-state index is 10.6. The zero-order chi connectivity index (χ0) is 22.2. The average Bonchev–Trinajstić information content (AvgIpc) is 3.04. The molecule has 2 aromatic heterocycles. The maximum absolute atomic E-state index is 10.6. The van der Waals surface area contributed by atoms with Crippen LogP contribution in [-0.4, -0.2) is 25.2 Å². The largest absolute Gasteiger partial charge is 0.399 e. The zero-order valence-corrected chi connectivity index (χ0v) is 18.5. The van der Waals surface area contributed by atoms with Crippen LogP contribution in [0.2, 0.25) is 0 Å². The number of hydrogen-bond donors (Lipinski definition) is 3. The van der Waals surface area contributed by atoms with E-state index in [4.69, 9.17) is 16.5 Å². The van der Waals surface area contributed by atoms with Gasteiger partial charge in [-0.1, -0.05) is 37.6 Å². The first-order valence-electron chi connectivity index (χ1n) is 10.9. The molecule has 31 heavy (non-hydrogen) atoms. The molecule has 0 radical (unpaired) electrons. The van der Waals surface area contributed by atoms with E-state index >= 15 is 0 Å². The van der Waals surface area contributed by atoms with Crippen molar-refractivity contribution in [2.45, 2.75) is 58.6 Å². The predicted molar refractivity (Wildman–Crippen MR) is 128 cm³/mol. The summed E-state index contributed by atoms with van der Waals surface area (Å²) in [7, 11) is 0. The number of nitrogens with two attached hydrogens (primary N) is 2. The smallest absolute Gasteiger partial charge is 0.152 e. The average molecular weight is 418 g/mol. The van der Waals surface area contributed by atoms with Crippen molar-refractivity contribution in [1.82, 2.24) is 14.5 Å². The van der Waals surface area contributed by atoms with Crippen molar-refractivity contribution in [3.05, 3.63) is 59.4 Å². The van der Waals surface area contributed by atoms with Crippen molar-refractivity contribution in [2.24, 2.45) is 0 Å². The minimum atomic E-state index is -0.869. The van der Waals surface area contributed by atoms with Crippen molar-refractivity contribution in [1.29, 1.82) is 0 Å². The van der Waals surface area contributed by atoms with Crippen molar-refractivity contribution in [2.75, 3.05) is 11.5 Å². The highest BCUT2D eigenvalue weighted by atomic mass is 16.3. The maximum Gasteiger partial charge on any atom is 0.152 e. The van der Waals surface area contributed by atoms with Gasteiger partial charge in [-0.2, -0.15) is 0 Å². The summed E-state index contributed by atoms with van der Waals surface area (Å²) in [6, 6.07) is 14.2. The van der Waals surface area contributed by atoms with Crippen LogP contribution in [-0.2, 0) is 19.4 Å². The van der Waals surface area contributed by atoms with Gasteiger partial charge < -0.3 is 21.1 Å². The molecule has 2 aromatic carbocycles. The number of pyridine rings is 1. The summed E-state index contributed by atoms with van der Waals surface area (Å²) < 4.78 is 2.13. The Morgan fingerprint density at radius 3 is 2.52 bits per heavy atom. The van der Waals surface area contributed by atoms with Crippen LogP contribution < -0.4 is 11.5 Å². The Balaban J connectivity index is 1.86. The molecule has 0 amide bonds. The molecule has 0 atom stereocenters. The van der Waals surface area contributed by atoms with Crippen LogP contribution >= 0.6 is 0 Å². The highest BCUT2D eigenvalue weighted by Gasteiger charge is 2.22. The molecule has 0 bridgehead atoms. The molecule has 4 aromatic rings. The SMILES string of the molecule is CCCCc1nc2c(N)nc3cc(Cc4cccc(N)c4)ccc3c2n1CC(C)(C)O. The molecule has 0 unspecified atom stereocenters. The van der Waals surface area contributed by atoms with Gasteiger partial charge in [-0.05, 0) is 56.0 Å². The van der Waals surface area contributed by atoms with E-state index in [0.29, 0.717) is 17.9 Å². The van der Waals surface area contributed by atoms with E-state index < -0.39 is 5.60 Å². The van der Waals surface area contributed by atoms with Crippen LogP contribution in [0.1, 0.15) is 50.6 Å². The molecule has 0 aliphatic heterocycles. The number of fused-ring (bicyclic) bond motifs is 3. The van der Waals surface area contributed by atoms with Gasteiger partial charge in [-0.25, -0.2) is 9.97 Å². The van der Waals surface area contributed by atoms with E-state index in [-0.39, 0.29) is 0 Å². The Bertz CT molecular complexity index is 1240. The van der Waals surface area contributed by atoms with Gasteiger partial charge in [0.15, 0.2) is 5.82 Å². The molecule has 6 heteroatoms. The molecule has 0 saturated carbocycles. The summed E-state index contributed by atoms with van der Waals surface area (Å²) in [6.45, 7) is 6.25. The fraction of sp³-hybridized carbons (Fsp3) is 0.360. The zero-order valence-electron chi connectivity index (χ0n) is 18.5. The number of nitrogen functional groups attached to an aromatic ring is 2. The third-order valence-electron chi connectivity index (χ3n) is 5.51. The van der Waals surface area contributed by atoms with E-state index in [0.717, 1.165) is 64.7 Å². The number of hydrogen-bond acceptors (Lipinski definition) is 5. The Kier molecular flexibility index (Phi) is 5.58. The number of nitrogens with zero attached hydrogens (tertiary/aromatic N) is 3. The van der Waals surface area contributed by atoms with Crippen molar-refractivity contribution in [3.8, 4) is 0 Å². The fourth-order valence-corrected chi connectivity index (χ4v) is 4.14. The van der Waals surface area contributed by atoms with Gasteiger partial charge in [0.2, 0.25) is 0 Å². The van der Waals surface area contributed by atoms with E-state index in [1.54, 1.807) is 0 Å². The molecule has 2 heterocycles. The topological polar surface area (TPSA) is 103 Å². The van der Waals surface area contributed by atoms with Gasteiger partial charge in [-0.15, -0.1) is 0 Å². The number of unbranched alkanes of at least 4 members (excludes halogenated alkanes) is 1. The summed E-state index contributed by atoms with van der Waals surface area (Å²) in [4.78, 5) is 9.50. The predicted octanol–water partition coefficient (Wildman–Crippen LogP) is 4.45. The number of imidazole rings is 1. The number of benzene rings is 2. The molecule has 162 valence electrons.